The van der Waals surface area contributed by atoms with Gasteiger partial charge in [0.25, 0.3) is 11.8 Å². The Morgan fingerprint density at radius 3 is 2.67 bits per heavy atom. The van der Waals surface area contributed by atoms with Gasteiger partial charge in [-0.3, -0.25) is 9.59 Å². The molecule has 1 fully saturated rings. The molecule has 0 saturated heterocycles. The quantitative estimate of drug-likeness (QED) is 0.717. The molecule has 3 aromatic rings. The lowest BCUT2D eigenvalue weighted by atomic mass is 10.1. The highest BCUT2D eigenvalue weighted by atomic mass is 32.1. The van der Waals surface area contributed by atoms with Crippen molar-refractivity contribution in [2.45, 2.75) is 32.6 Å². The van der Waals surface area contributed by atoms with Crippen molar-refractivity contribution in [3.63, 3.8) is 0 Å². The van der Waals surface area contributed by atoms with E-state index >= 15 is 0 Å². The van der Waals surface area contributed by atoms with E-state index in [2.05, 4.69) is 15.3 Å². The second-order valence-corrected chi connectivity index (χ2v) is 7.69. The van der Waals surface area contributed by atoms with Gasteiger partial charge in [-0.2, -0.15) is 0 Å². The number of nitrogens with zero attached hydrogens (tertiary/aromatic N) is 2. The topological polar surface area (TPSA) is 98.0 Å². The number of amides is 2. The van der Waals surface area contributed by atoms with Gasteiger partial charge < -0.3 is 11.1 Å². The third kappa shape index (κ3) is 3.16. The van der Waals surface area contributed by atoms with Gasteiger partial charge in [0.2, 0.25) is 0 Å². The molecule has 0 atom stereocenters. The molecule has 0 bridgehead atoms. The van der Waals surface area contributed by atoms with Gasteiger partial charge in [-0.25, -0.2) is 14.4 Å². The molecule has 1 saturated carbocycles. The zero-order valence-corrected chi connectivity index (χ0v) is 15.6. The lowest BCUT2D eigenvalue weighted by molar-refractivity contribution is 0.0993. The Kier molecular flexibility index (Phi) is 4.15. The number of rotatable bonds is 4. The van der Waals surface area contributed by atoms with Crippen LogP contribution >= 0.6 is 11.3 Å². The standard InChI is InChI=1S/C19H17FN4O2S/c1-8-14-9(2)22-17(10-3-4-10)24-19(14)27-15(8)18(26)23-11-5-6-13(20)12(7-11)16(21)25/h5-7,10H,3-4H2,1-2H3,(H2,21,25)(H,23,26). The highest BCUT2D eigenvalue weighted by Gasteiger charge is 2.28. The molecule has 2 amide bonds. The monoisotopic (exact) mass is 384 g/mol. The molecule has 0 unspecified atom stereocenters. The van der Waals surface area contributed by atoms with E-state index in [0.29, 0.717) is 16.5 Å². The molecule has 2 aromatic heterocycles. The Balaban J connectivity index is 1.69. The number of hydrogen-bond acceptors (Lipinski definition) is 5. The molecule has 1 aliphatic rings. The van der Waals surface area contributed by atoms with Crippen molar-refractivity contribution in [2.75, 3.05) is 5.32 Å². The number of thiophene rings is 1. The fourth-order valence-electron chi connectivity index (χ4n) is 3.08. The number of aryl methyl sites for hydroxylation is 2. The van der Waals surface area contributed by atoms with Crippen molar-refractivity contribution in [2.24, 2.45) is 5.73 Å². The molecule has 6 nitrogen and oxygen atoms in total. The van der Waals surface area contributed by atoms with Gasteiger partial charge in [-0.15, -0.1) is 11.3 Å². The Morgan fingerprint density at radius 2 is 2.00 bits per heavy atom. The fraction of sp³-hybridized carbons (Fsp3) is 0.263. The molecule has 3 N–H and O–H groups in total. The Morgan fingerprint density at radius 1 is 1.26 bits per heavy atom. The van der Waals surface area contributed by atoms with Crippen LogP contribution in [0, 0.1) is 19.7 Å². The molecule has 0 radical (unpaired) electrons. The van der Waals surface area contributed by atoms with Gasteiger partial charge >= 0.3 is 0 Å². The van der Waals surface area contributed by atoms with E-state index in [9.17, 15) is 14.0 Å². The third-order valence-electron chi connectivity index (χ3n) is 4.63. The van der Waals surface area contributed by atoms with Crippen LogP contribution in [0.3, 0.4) is 0 Å². The first-order valence-corrected chi connectivity index (χ1v) is 9.35. The highest BCUT2D eigenvalue weighted by molar-refractivity contribution is 7.20. The van der Waals surface area contributed by atoms with E-state index in [0.717, 1.165) is 46.2 Å². The second-order valence-electron chi connectivity index (χ2n) is 6.69. The van der Waals surface area contributed by atoms with Gasteiger partial charge in [-0.05, 0) is 50.5 Å². The van der Waals surface area contributed by atoms with Gasteiger partial charge in [0.15, 0.2) is 0 Å². The van der Waals surface area contributed by atoms with Gasteiger partial charge in [0, 0.05) is 17.0 Å². The van der Waals surface area contributed by atoms with Gasteiger partial charge in [-0.1, -0.05) is 0 Å². The lowest BCUT2D eigenvalue weighted by Crippen LogP contribution is -2.15. The number of fused-ring (bicyclic) bond motifs is 1. The number of anilines is 1. The average molecular weight is 384 g/mol. The molecule has 2 heterocycles. The van der Waals surface area contributed by atoms with Crippen LogP contribution in [0.15, 0.2) is 18.2 Å². The summed E-state index contributed by atoms with van der Waals surface area (Å²) in [5.41, 5.74) is 6.87. The van der Waals surface area contributed by atoms with Crippen LogP contribution in [0.2, 0.25) is 0 Å². The Hall–Kier alpha value is -2.87. The number of hydrogen-bond donors (Lipinski definition) is 2. The zero-order valence-electron chi connectivity index (χ0n) is 14.8. The molecule has 0 aliphatic heterocycles. The average Bonchev–Trinajstić information content (AvgIpc) is 3.40. The van der Waals surface area contributed by atoms with Crippen LogP contribution in [0.1, 0.15) is 55.9 Å². The summed E-state index contributed by atoms with van der Waals surface area (Å²) in [7, 11) is 0. The number of nitrogens with two attached hydrogens (primary N) is 1. The Bertz CT molecular complexity index is 1100. The minimum Gasteiger partial charge on any atom is -0.366 e. The van der Waals surface area contributed by atoms with Crippen LogP contribution in [0.5, 0.6) is 0 Å². The van der Waals surface area contributed by atoms with Crippen molar-refractivity contribution < 1.29 is 14.0 Å². The number of carbonyl (C=O) groups excluding carboxylic acids is 2. The predicted octanol–water partition coefficient (Wildman–Crippen LogP) is 3.68. The molecular weight excluding hydrogens is 367 g/mol. The second kappa shape index (κ2) is 6.38. The first-order valence-electron chi connectivity index (χ1n) is 8.53. The number of primary amides is 1. The normalized spacial score (nSPS) is 13.7. The molecule has 27 heavy (non-hydrogen) atoms. The maximum atomic E-state index is 13.6. The number of halogens is 1. The third-order valence-corrected chi connectivity index (χ3v) is 5.81. The number of aromatic nitrogens is 2. The van der Waals surface area contributed by atoms with Crippen LogP contribution in [-0.2, 0) is 0 Å². The molecule has 0 spiro atoms. The SMILES string of the molecule is Cc1nc(C2CC2)nc2sc(C(=O)Nc3ccc(F)c(C(N)=O)c3)c(C)c12. The minimum absolute atomic E-state index is 0.267. The van der Waals surface area contributed by atoms with Crippen molar-refractivity contribution in [1.82, 2.24) is 9.97 Å². The molecular formula is C19H17FN4O2S. The van der Waals surface area contributed by atoms with Crippen molar-refractivity contribution in [1.29, 1.82) is 0 Å². The van der Waals surface area contributed by atoms with Crippen molar-refractivity contribution >= 4 is 39.1 Å². The lowest BCUT2D eigenvalue weighted by Gasteiger charge is -2.06. The highest BCUT2D eigenvalue weighted by Crippen LogP contribution is 2.40. The van der Waals surface area contributed by atoms with E-state index < -0.39 is 11.7 Å². The van der Waals surface area contributed by atoms with E-state index in [1.54, 1.807) is 0 Å². The van der Waals surface area contributed by atoms with Crippen LogP contribution < -0.4 is 11.1 Å². The molecule has 8 heteroatoms. The summed E-state index contributed by atoms with van der Waals surface area (Å²) in [5.74, 6) is -0.681. The van der Waals surface area contributed by atoms with Crippen LogP contribution in [0.4, 0.5) is 10.1 Å². The summed E-state index contributed by atoms with van der Waals surface area (Å²) in [6.07, 6.45) is 2.21. The van der Waals surface area contributed by atoms with Gasteiger partial charge in [0.05, 0.1) is 16.1 Å². The van der Waals surface area contributed by atoms with E-state index in [1.165, 1.54) is 23.5 Å². The Labute approximate surface area is 158 Å². The maximum absolute atomic E-state index is 13.6. The van der Waals surface area contributed by atoms with Crippen LogP contribution in [0.25, 0.3) is 10.2 Å². The molecule has 1 aliphatic carbocycles. The summed E-state index contributed by atoms with van der Waals surface area (Å²) in [4.78, 5) is 34.6. The fourth-order valence-corrected chi connectivity index (χ4v) is 4.21. The number of nitrogens with one attached hydrogen (secondary N) is 1. The zero-order chi connectivity index (χ0) is 19.3. The number of benzene rings is 1. The first kappa shape index (κ1) is 17.5. The summed E-state index contributed by atoms with van der Waals surface area (Å²) >= 11 is 1.31. The molecule has 138 valence electrons. The maximum Gasteiger partial charge on any atom is 0.266 e. The summed E-state index contributed by atoms with van der Waals surface area (Å²) in [6.45, 7) is 3.79. The van der Waals surface area contributed by atoms with E-state index in [1.807, 2.05) is 13.8 Å². The van der Waals surface area contributed by atoms with E-state index in [4.69, 9.17) is 5.73 Å². The van der Waals surface area contributed by atoms with Crippen molar-refractivity contribution in [3.05, 3.63) is 51.5 Å². The van der Waals surface area contributed by atoms with Crippen molar-refractivity contribution in [3.8, 4) is 0 Å². The summed E-state index contributed by atoms with van der Waals surface area (Å²) in [6, 6.07) is 3.72. The molecule has 1 aromatic carbocycles. The summed E-state index contributed by atoms with van der Waals surface area (Å²) in [5, 5.41) is 3.60. The first-order chi connectivity index (χ1) is 12.8. The summed E-state index contributed by atoms with van der Waals surface area (Å²) < 4.78 is 13.6. The minimum atomic E-state index is -0.889. The molecule has 4 rings (SSSR count). The smallest absolute Gasteiger partial charge is 0.266 e. The van der Waals surface area contributed by atoms with E-state index in [-0.39, 0.29) is 11.5 Å². The number of carbonyl (C=O) groups is 2. The van der Waals surface area contributed by atoms with Crippen LogP contribution in [-0.4, -0.2) is 21.8 Å². The predicted molar refractivity (Wildman–Crippen MR) is 102 cm³/mol. The largest absolute Gasteiger partial charge is 0.366 e. The van der Waals surface area contributed by atoms with Gasteiger partial charge in [0.1, 0.15) is 16.5 Å².